The molecular weight excluding hydrogens is 436 g/mol. The van der Waals surface area contributed by atoms with Crippen LogP contribution in [-0.4, -0.2) is 33.8 Å². The zero-order valence-electron chi connectivity index (χ0n) is 17.4. The number of aromatic amines is 1. The third-order valence-corrected chi connectivity index (χ3v) is 4.11. The number of aromatic nitrogens is 1. The summed E-state index contributed by atoms with van der Waals surface area (Å²) in [5.74, 6) is -1.04. The second-order valence-corrected chi connectivity index (χ2v) is 6.36. The Labute approximate surface area is 185 Å². The summed E-state index contributed by atoms with van der Waals surface area (Å²) in [5.41, 5.74) is -0.0193. The van der Waals surface area contributed by atoms with E-state index in [0.29, 0.717) is 10.9 Å². The number of benzene rings is 2. The fourth-order valence-electron chi connectivity index (χ4n) is 2.70. The normalized spacial score (nSPS) is 10.2. The Morgan fingerprint density at radius 2 is 1.64 bits per heavy atom. The summed E-state index contributed by atoms with van der Waals surface area (Å²) >= 11 is 0. The van der Waals surface area contributed by atoms with Gasteiger partial charge in [0.25, 0.3) is 11.4 Å². The molecule has 33 heavy (non-hydrogen) atoms. The third kappa shape index (κ3) is 6.55. The number of pyridine rings is 1. The average Bonchev–Trinajstić information content (AvgIpc) is 2.77. The standard InChI is InChI=1S/C12H12N2O5.C9H6N2O3/c1-8(15)13-12-9(6-7-11(16)19-2)4-3-5-10(12)14(17)18;12-8-5-4-6-2-1-3-7(11(13)14)9(6)10-8/h3-7H,1-2H3,(H,13,15);1-5H,(H,10,12). The van der Waals surface area contributed by atoms with Gasteiger partial charge in [0.15, 0.2) is 0 Å². The number of H-pyrrole nitrogens is 1. The summed E-state index contributed by atoms with van der Waals surface area (Å²) in [5, 5.41) is 24.5. The topological polar surface area (TPSA) is 175 Å². The molecule has 0 aliphatic rings. The van der Waals surface area contributed by atoms with Crippen molar-refractivity contribution in [1.82, 2.24) is 4.98 Å². The molecule has 0 aliphatic heterocycles. The summed E-state index contributed by atoms with van der Waals surface area (Å²) in [6, 6.07) is 11.8. The third-order valence-electron chi connectivity index (χ3n) is 4.11. The van der Waals surface area contributed by atoms with E-state index in [0.717, 1.165) is 6.08 Å². The van der Waals surface area contributed by atoms with Crippen molar-refractivity contribution in [3.63, 3.8) is 0 Å². The Balaban J connectivity index is 0.000000243. The first-order chi connectivity index (χ1) is 15.6. The number of nitrogens with zero attached hydrogens (tertiary/aromatic N) is 2. The SMILES string of the molecule is COC(=O)C=Cc1cccc([N+](=O)[O-])c1NC(C)=O.O=c1ccc2cccc([N+](=O)[O-])c2[nH]1. The molecule has 0 spiro atoms. The highest BCUT2D eigenvalue weighted by atomic mass is 16.6. The lowest BCUT2D eigenvalue weighted by Gasteiger charge is -2.07. The number of para-hydroxylation sites is 2. The predicted molar refractivity (Wildman–Crippen MR) is 120 cm³/mol. The number of nitrogens with one attached hydrogen (secondary N) is 2. The van der Waals surface area contributed by atoms with E-state index < -0.39 is 21.7 Å². The van der Waals surface area contributed by atoms with E-state index in [1.807, 2.05) is 0 Å². The Kier molecular flexibility index (Phi) is 8.10. The number of nitro benzene ring substituents is 2. The Morgan fingerprint density at radius 3 is 2.24 bits per heavy atom. The van der Waals surface area contributed by atoms with E-state index in [-0.39, 0.29) is 28.1 Å². The van der Waals surface area contributed by atoms with Crippen LogP contribution in [0.2, 0.25) is 0 Å². The van der Waals surface area contributed by atoms with E-state index in [1.54, 1.807) is 18.2 Å². The molecule has 2 N–H and O–H groups in total. The Bertz CT molecular complexity index is 1310. The minimum absolute atomic E-state index is 0.0418. The molecule has 3 aromatic rings. The first-order valence-electron chi connectivity index (χ1n) is 9.21. The van der Waals surface area contributed by atoms with Crippen molar-refractivity contribution >= 4 is 45.9 Å². The number of methoxy groups -OCH3 is 1. The molecule has 0 bridgehead atoms. The van der Waals surface area contributed by atoms with Crippen LogP contribution in [0.4, 0.5) is 17.1 Å². The molecule has 0 saturated carbocycles. The molecule has 0 unspecified atom stereocenters. The number of carbonyl (C=O) groups is 2. The van der Waals surface area contributed by atoms with Crippen LogP contribution in [0, 0.1) is 20.2 Å². The number of hydrogen-bond acceptors (Lipinski definition) is 8. The second-order valence-electron chi connectivity index (χ2n) is 6.36. The number of carbonyl (C=O) groups excluding carboxylic acids is 2. The van der Waals surface area contributed by atoms with E-state index in [9.17, 15) is 34.6 Å². The summed E-state index contributed by atoms with van der Waals surface area (Å²) in [6.07, 6.45) is 2.45. The molecule has 1 amide bonds. The quantitative estimate of drug-likeness (QED) is 0.256. The maximum Gasteiger partial charge on any atom is 0.330 e. The zero-order valence-corrected chi connectivity index (χ0v) is 17.4. The maximum atomic E-state index is 11.1. The number of esters is 1. The molecule has 12 heteroatoms. The monoisotopic (exact) mass is 454 g/mol. The van der Waals surface area contributed by atoms with Crippen LogP contribution in [0.3, 0.4) is 0 Å². The molecule has 1 heterocycles. The van der Waals surface area contributed by atoms with Gasteiger partial charge in [-0.25, -0.2) is 4.79 Å². The number of amides is 1. The van der Waals surface area contributed by atoms with Gasteiger partial charge in [0.1, 0.15) is 11.2 Å². The first kappa shape index (κ1) is 24.4. The number of rotatable bonds is 5. The number of ether oxygens (including phenoxy) is 1. The van der Waals surface area contributed by atoms with Crippen LogP contribution in [0.25, 0.3) is 17.0 Å². The lowest BCUT2D eigenvalue weighted by molar-refractivity contribution is -0.384. The van der Waals surface area contributed by atoms with Crippen molar-refractivity contribution in [3.05, 3.63) is 90.8 Å². The number of anilines is 1. The van der Waals surface area contributed by atoms with E-state index in [4.69, 9.17) is 0 Å². The fourth-order valence-corrected chi connectivity index (χ4v) is 2.70. The summed E-state index contributed by atoms with van der Waals surface area (Å²) < 4.78 is 4.42. The first-order valence-corrected chi connectivity index (χ1v) is 9.21. The van der Waals surface area contributed by atoms with Gasteiger partial charge < -0.3 is 15.0 Å². The van der Waals surface area contributed by atoms with Gasteiger partial charge in [-0.3, -0.25) is 29.8 Å². The van der Waals surface area contributed by atoms with Gasteiger partial charge in [-0.2, -0.15) is 0 Å². The summed E-state index contributed by atoms with van der Waals surface area (Å²) in [7, 11) is 1.22. The van der Waals surface area contributed by atoms with Crippen molar-refractivity contribution in [2.75, 3.05) is 12.4 Å². The van der Waals surface area contributed by atoms with Crippen LogP contribution in [-0.2, 0) is 14.3 Å². The molecule has 170 valence electrons. The van der Waals surface area contributed by atoms with E-state index in [2.05, 4.69) is 15.0 Å². The van der Waals surface area contributed by atoms with Crippen molar-refractivity contribution in [2.45, 2.75) is 6.92 Å². The van der Waals surface area contributed by atoms with Gasteiger partial charge in [0, 0.05) is 42.1 Å². The van der Waals surface area contributed by atoms with Crippen LogP contribution in [0.5, 0.6) is 0 Å². The van der Waals surface area contributed by atoms with Crippen molar-refractivity contribution < 1.29 is 24.2 Å². The van der Waals surface area contributed by atoms with Crippen molar-refractivity contribution in [1.29, 1.82) is 0 Å². The van der Waals surface area contributed by atoms with E-state index >= 15 is 0 Å². The van der Waals surface area contributed by atoms with Crippen LogP contribution in [0.1, 0.15) is 12.5 Å². The highest BCUT2D eigenvalue weighted by molar-refractivity contribution is 5.96. The van der Waals surface area contributed by atoms with Gasteiger partial charge in [0.05, 0.1) is 17.0 Å². The lowest BCUT2D eigenvalue weighted by atomic mass is 10.1. The van der Waals surface area contributed by atoms with Gasteiger partial charge in [-0.15, -0.1) is 0 Å². The van der Waals surface area contributed by atoms with Crippen molar-refractivity contribution in [2.24, 2.45) is 0 Å². The van der Waals surface area contributed by atoms with Gasteiger partial charge in [0.2, 0.25) is 11.5 Å². The molecule has 3 rings (SSSR count). The minimum Gasteiger partial charge on any atom is -0.466 e. The molecule has 0 atom stereocenters. The smallest absolute Gasteiger partial charge is 0.330 e. The van der Waals surface area contributed by atoms with Gasteiger partial charge in [-0.1, -0.05) is 24.3 Å². The maximum absolute atomic E-state index is 11.1. The molecule has 0 aliphatic carbocycles. The van der Waals surface area contributed by atoms with Crippen LogP contribution < -0.4 is 10.9 Å². The Hall–Kier alpha value is -4.87. The number of fused-ring (bicyclic) bond motifs is 1. The average molecular weight is 454 g/mol. The van der Waals surface area contributed by atoms with Crippen LogP contribution in [0.15, 0.2) is 59.4 Å². The highest BCUT2D eigenvalue weighted by Crippen LogP contribution is 2.29. The number of hydrogen-bond donors (Lipinski definition) is 2. The number of non-ortho nitro benzene ring substituents is 1. The fraction of sp³-hybridized carbons (Fsp3) is 0.0952. The van der Waals surface area contributed by atoms with E-state index in [1.165, 1.54) is 50.4 Å². The molecule has 1 aromatic heterocycles. The molecule has 0 saturated heterocycles. The van der Waals surface area contributed by atoms with Crippen molar-refractivity contribution in [3.8, 4) is 0 Å². The molecule has 12 nitrogen and oxygen atoms in total. The molecule has 0 fully saturated rings. The largest absolute Gasteiger partial charge is 0.466 e. The molecule has 0 radical (unpaired) electrons. The van der Waals surface area contributed by atoms with Gasteiger partial charge in [-0.05, 0) is 12.1 Å². The Morgan fingerprint density at radius 1 is 1.00 bits per heavy atom. The number of nitro groups is 2. The minimum atomic E-state index is -0.610. The highest BCUT2D eigenvalue weighted by Gasteiger charge is 2.17. The van der Waals surface area contributed by atoms with Gasteiger partial charge >= 0.3 is 5.97 Å². The predicted octanol–water partition coefficient (Wildman–Crippen LogP) is 3.18. The second kappa shape index (κ2) is 10.9. The summed E-state index contributed by atoms with van der Waals surface area (Å²) in [4.78, 5) is 55.9. The summed E-state index contributed by atoms with van der Waals surface area (Å²) in [6.45, 7) is 1.24. The lowest BCUT2D eigenvalue weighted by Crippen LogP contribution is -2.09. The zero-order chi connectivity index (χ0) is 24.5. The molecular formula is C21H18N4O8. The molecule has 2 aromatic carbocycles. The van der Waals surface area contributed by atoms with Crippen LogP contribution >= 0.6 is 0 Å².